The summed E-state index contributed by atoms with van der Waals surface area (Å²) in [5.41, 5.74) is 3.02. The van der Waals surface area contributed by atoms with Gasteiger partial charge in [-0.1, -0.05) is 19.1 Å². The van der Waals surface area contributed by atoms with Crippen LogP contribution in [-0.2, 0) is 6.54 Å². The van der Waals surface area contributed by atoms with Gasteiger partial charge in [-0.3, -0.25) is 0 Å². The van der Waals surface area contributed by atoms with Crippen molar-refractivity contribution >= 4 is 17.1 Å². The van der Waals surface area contributed by atoms with E-state index in [0.717, 1.165) is 22.4 Å². The van der Waals surface area contributed by atoms with Crippen LogP contribution in [0.1, 0.15) is 31.7 Å². The van der Waals surface area contributed by atoms with Crippen molar-refractivity contribution in [2.45, 2.75) is 39.8 Å². The minimum Gasteiger partial charge on any atom is -0.393 e. The van der Waals surface area contributed by atoms with Crippen LogP contribution in [0, 0.1) is 12.8 Å². The molecule has 2 atom stereocenters. The van der Waals surface area contributed by atoms with Gasteiger partial charge in [0.15, 0.2) is 0 Å². The predicted molar refractivity (Wildman–Crippen MR) is 86.5 cm³/mol. The van der Waals surface area contributed by atoms with E-state index in [2.05, 4.69) is 20.6 Å². The molecule has 0 aliphatic carbocycles. The fourth-order valence-corrected chi connectivity index (χ4v) is 2.47. The van der Waals surface area contributed by atoms with Crippen LogP contribution < -0.4 is 10.6 Å². The topological polar surface area (TPSA) is 90.0 Å². The number of benzene rings is 1. The number of rotatable bonds is 6. The van der Waals surface area contributed by atoms with E-state index in [1.807, 2.05) is 32.0 Å². The van der Waals surface area contributed by atoms with Gasteiger partial charge in [0.1, 0.15) is 5.82 Å². The summed E-state index contributed by atoms with van der Waals surface area (Å²) in [5, 5.41) is 14.9. The standard InChI is InChI=1S/C16H24N4O2/c1-10(7-12(3)21)8-17-16(22)18-9-14-19-13-6-4-5-11(2)15(13)20-14/h4-6,10,12,21H,7-9H2,1-3H3,(H,19,20)(H2,17,18,22). The number of amides is 2. The molecule has 0 bridgehead atoms. The molecule has 1 heterocycles. The molecule has 0 aliphatic rings. The summed E-state index contributed by atoms with van der Waals surface area (Å²) < 4.78 is 0. The molecule has 22 heavy (non-hydrogen) atoms. The Morgan fingerprint density at radius 2 is 2.14 bits per heavy atom. The lowest BCUT2D eigenvalue weighted by Crippen LogP contribution is -2.38. The van der Waals surface area contributed by atoms with E-state index >= 15 is 0 Å². The Kier molecular flexibility index (Phi) is 5.38. The molecule has 0 radical (unpaired) electrons. The van der Waals surface area contributed by atoms with Crippen molar-refractivity contribution in [2.24, 2.45) is 5.92 Å². The maximum atomic E-state index is 11.8. The van der Waals surface area contributed by atoms with Gasteiger partial charge in [-0.25, -0.2) is 9.78 Å². The Labute approximate surface area is 130 Å². The number of carbonyl (C=O) groups excluding carboxylic acids is 1. The van der Waals surface area contributed by atoms with Gasteiger partial charge in [0.05, 0.1) is 23.7 Å². The number of hydrogen-bond acceptors (Lipinski definition) is 3. The summed E-state index contributed by atoms with van der Waals surface area (Å²) in [6, 6.07) is 5.73. The Hall–Kier alpha value is -2.08. The summed E-state index contributed by atoms with van der Waals surface area (Å²) in [4.78, 5) is 19.4. The molecule has 0 saturated heterocycles. The van der Waals surface area contributed by atoms with Gasteiger partial charge in [0, 0.05) is 6.54 Å². The van der Waals surface area contributed by atoms with Gasteiger partial charge in [0.2, 0.25) is 0 Å². The first-order chi connectivity index (χ1) is 10.5. The SMILES string of the molecule is Cc1cccc2[nH]c(CNC(=O)NCC(C)CC(C)O)nc12. The highest BCUT2D eigenvalue weighted by atomic mass is 16.3. The van der Waals surface area contributed by atoms with Crippen molar-refractivity contribution in [3.63, 3.8) is 0 Å². The maximum Gasteiger partial charge on any atom is 0.315 e. The molecule has 0 spiro atoms. The quantitative estimate of drug-likeness (QED) is 0.658. The van der Waals surface area contributed by atoms with E-state index in [0.29, 0.717) is 19.5 Å². The van der Waals surface area contributed by atoms with Crippen LogP contribution >= 0.6 is 0 Å². The molecule has 120 valence electrons. The van der Waals surface area contributed by atoms with Gasteiger partial charge >= 0.3 is 6.03 Å². The van der Waals surface area contributed by atoms with Crippen LogP contribution in [0.15, 0.2) is 18.2 Å². The number of aromatic amines is 1. The smallest absolute Gasteiger partial charge is 0.315 e. The molecule has 1 aromatic heterocycles. The lowest BCUT2D eigenvalue weighted by atomic mass is 10.1. The summed E-state index contributed by atoms with van der Waals surface area (Å²) in [5.74, 6) is 0.969. The first kappa shape index (κ1) is 16.3. The van der Waals surface area contributed by atoms with Gasteiger partial charge in [0.25, 0.3) is 0 Å². The second-order valence-electron chi connectivity index (χ2n) is 5.91. The third-order valence-corrected chi connectivity index (χ3v) is 3.53. The Bertz CT molecular complexity index is 636. The van der Waals surface area contributed by atoms with Gasteiger partial charge in [-0.15, -0.1) is 0 Å². The van der Waals surface area contributed by atoms with E-state index in [9.17, 15) is 9.90 Å². The predicted octanol–water partition coefficient (Wildman–Crippen LogP) is 2.08. The highest BCUT2D eigenvalue weighted by molar-refractivity contribution is 5.78. The summed E-state index contributed by atoms with van der Waals surface area (Å²) in [7, 11) is 0. The number of nitrogens with one attached hydrogen (secondary N) is 3. The van der Waals surface area contributed by atoms with Crippen LogP contribution in [0.2, 0.25) is 0 Å². The van der Waals surface area contributed by atoms with Gasteiger partial charge < -0.3 is 20.7 Å². The normalized spacial score (nSPS) is 13.8. The molecule has 2 rings (SSSR count). The molecule has 0 fully saturated rings. The second-order valence-corrected chi connectivity index (χ2v) is 5.91. The van der Waals surface area contributed by atoms with Crippen LogP contribution in [-0.4, -0.2) is 33.8 Å². The zero-order valence-electron chi connectivity index (χ0n) is 13.3. The van der Waals surface area contributed by atoms with Crippen molar-refractivity contribution in [1.29, 1.82) is 0 Å². The maximum absolute atomic E-state index is 11.8. The number of imidazole rings is 1. The molecular formula is C16H24N4O2. The molecule has 2 unspecified atom stereocenters. The second kappa shape index (κ2) is 7.26. The van der Waals surface area contributed by atoms with E-state index in [-0.39, 0.29) is 18.1 Å². The summed E-state index contributed by atoms with van der Waals surface area (Å²) in [6.07, 6.45) is 0.321. The fourth-order valence-electron chi connectivity index (χ4n) is 2.47. The third-order valence-electron chi connectivity index (χ3n) is 3.53. The Balaban J connectivity index is 1.81. The van der Waals surface area contributed by atoms with Crippen molar-refractivity contribution < 1.29 is 9.90 Å². The number of aryl methyl sites for hydroxylation is 1. The zero-order chi connectivity index (χ0) is 16.1. The van der Waals surface area contributed by atoms with E-state index < -0.39 is 0 Å². The molecule has 6 nitrogen and oxygen atoms in total. The number of hydrogen-bond donors (Lipinski definition) is 4. The molecule has 2 amide bonds. The number of carbonyl (C=O) groups is 1. The van der Waals surface area contributed by atoms with E-state index in [4.69, 9.17) is 0 Å². The highest BCUT2D eigenvalue weighted by Gasteiger charge is 2.09. The molecule has 2 aromatic rings. The number of para-hydroxylation sites is 1. The van der Waals surface area contributed by atoms with Gasteiger partial charge in [-0.2, -0.15) is 0 Å². The average Bonchev–Trinajstić information content (AvgIpc) is 2.87. The number of aliphatic hydroxyl groups excluding tert-OH is 1. The number of urea groups is 1. The van der Waals surface area contributed by atoms with Crippen molar-refractivity contribution in [3.8, 4) is 0 Å². The highest BCUT2D eigenvalue weighted by Crippen LogP contribution is 2.15. The number of H-pyrrole nitrogens is 1. The largest absolute Gasteiger partial charge is 0.393 e. The zero-order valence-corrected chi connectivity index (χ0v) is 13.3. The Morgan fingerprint density at radius 1 is 1.36 bits per heavy atom. The van der Waals surface area contributed by atoms with Crippen molar-refractivity contribution in [2.75, 3.05) is 6.54 Å². The van der Waals surface area contributed by atoms with E-state index in [1.54, 1.807) is 6.92 Å². The average molecular weight is 304 g/mol. The molecule has 6 heteroatoms. The molecule has 1 aromatic carbocycles. The third kappa shape index (κ3) is 4.46. The number of nitrogens with zero attached hydrogens (tertiary/aromatic N) is 1. The van der Waals surface area contributed by atoms with E-state index in [1.165, 1.54) is 0 Å². The van der Waals surface area contributed by atoms with Crippen LogP contribution in [0.25, 0.3) is 11.0 Å². The van der Waals surface area contributed by atoms with Crippen LogP contribution in [0.3, 0.4) is 0 Å². The molecule has 0 aliphatic heterocycles. The Morgan fingerprint density at radius 3 is 2.82 bits per heavy atom. The van der Waals surface area contributed by atoms with Crippen molar-refractivity contribution in [3.05, 3.63) is 29.6 Å². The number of aliphatic hydroxyl groups is 1. The fraction of sp³-hybridized carbons (Fsp3) is 0.500. The molecule has 0 saturated carbocycles. The minimum atomic E-state index is -0.348. The van der Waals surface area contributed by atoms with Crippen LogP contribution in [0.5, 0.6) is 0 Å². The minimum absolute atomic E-state index is 0.227. The molecule has 4 N–H and O–H groups in total. The number of aromatic nitrogens is 2. The molecular weight excluding hydrogens is 280 g/mol. The van der Waals surface area contributed by atoms with Crippen LogP contribution in [0.4, 0.5) is 4.79 Å². The van der Waals surface area contributed by atoms with Gasteiger partial charge in [-0.05, 0) is 37.8 Å². The first-order valence-corrected chi connectivity index (χ1v) is 7.59. The first-order valence-electron chi connectivity index (χ1n) is 7.59. The monoisotopic (exact) mass is 304 g/mol. The van der Waals surface area contributed by atoms with Crippen molar-refractivity contribution in [1.82, 2.24) is 20.6 Å². The lowest BCUT2D eigenvalue weighted by molar-refractivity contribution is 0.163. The summed E-state index contributed by atoms with van der Waals surface area (Å²) >= 11 is 0. The number of fused-ring (bicyclic) bond motifs is 1. The summed E-state index contributed by atoms with van der Waals surface area (Å²) in [6.45, 7) is 6.65. The lowest BCUT2D eigenvalue weighted by Gasteiger charge is -2.14.